The van der Waals surface area contributed by atoms with Crippen molar-refractivity contribution in [3.8, 4) is 0 Å². The van der Waals surface area contributed by atoms with Crippen LogP contribution in [0.25, 0.3) is 0 Å². The Morgan fingerprint density at radius 1 is 1.25 bits per heavy atom. The fourth-order valence-electron chi connectivity index (χ4n) is 2.29. The highest BCUT2D eigenvalue weighted by atomic mass is 32.2. The second kappa shape index (κ2) is 5.92. The Kier molecular flexibility index (Phi) is 4.53. The van der Waals surface area contributed by atoms with Crippen LogP contribution in [0.3, 0.4) is 0 Å². The third kappa shape index (κ3) is 3.98. The van der Waals surface area contributed by atoms with E-state index in [9.17, 15) is 4.79 Å². The van der Waals surface area contributed by atoms with E-state index in [1.165, 1.54) is 38.5 Å². The first-order chi connectivity index (χ1) is 7.78. The van der Waals surface area contributed by atoms with Crippen molar-refractivity contribution in [2.75, 3.05) is 12.8 Å². The molecule has 2 rings (SSSR count). The maximum atomic E-state index is 11.5. The summed E-state index contributed by atoms with van der Waals surface area (Å²) in [5.74, 6) is 0.175. The minimum absolute atomic E-state index is 0.175. The number of carbonyl (C=O) groups is 1. The van der Waals surface area contributed by atoms with E-state index in [1.807, 2.05) is 11.8 Å². The first-order valence-corrected chi connectivity index (χ1v) is 7.62. The van der Waals surface area contributed by atoms with Crippen molar-refractivity contribution in [2.45, 2.75) is 55.9 Å². The topological polar surface area (TPSA) is 41.1 Å². The number of carbonyl (C=O) groups excluding carboxylic acids is 1. The highest BCUT2D eigenvalue weighted by Gasteiger charge is 2.24. The summed E-state index contributed by atoms with van der Waals surface area (Å²) in [6, 6.07) is 1.04. The Balaban J connectivity index is 1.62. The predicted molar refractivity (Wildman–Crippen MR) is 68.7 cm³/mol. The van der Waals surface area contributed by atoms with Gasteiger partial charge in [-0.1, -0.05) is 6.42 Å². The minimum Gasteiger partial charge on any atom is -0.352 e. The molecular weight excluding hydrogens is 220 g/mol. The van der Waals surface area contributed by atoms with Gasteiger partial charge >= 0.3 is 0 Å². The molecule has 4 heteroatoms. The molecular formula is C12H22N2OS. The van der Waals surface area contributed by atoms with Crippen LogP contribution in [0.1, 0.15) is 38.5 Å². The summed E-state index contributed by atoms with van der Waals surface area (Å²) < 4.78 is 0. The summed E-state index contributed by atoms with van der Waals surface area (Å²) in [5.41, 5.74) is 0. The van der Waals surface area contributed by atoms with Gasteiger partial charge in [-0.05, 0) is 38.4 Å². The lowest BCUT2D eigenvalue weighted by atomic mass is 9.95. The van der Waals surface area contributed by atoms with Crippen molar-refractivity contribution in [1.82, 2.24) is 10.6 Å². The van der Waals surface area contributed by atoms with Crippen LogP contribution >= 0.6 is 11.8 Å². The average molecular weight is 242 g/mol. The Morgan fingerprint density at radius 3 is 2.75 bits per heavy atom. The van der Waals surface area contributed by atoms with Crippen LogP contribution < -0.4 is 10.6 Å². The largest absolute Gasteiger partial charge is 0.352 e. The SMILES string of the molecule is CSC1CCCC(NCC(=O)NC2CC2)C1. The van der Waals surface area contributed by atoms with Crippen LogP contribution in [0, 0.1) is 0 Å². The summed E-state index contributed by atoms with van der Waals surface area (Å²) in [6.45, 7) is 0.502. The molecule has 92 valence electrons. The third-order valence-electron chi connectivity index (χ3n) is 3.45. The van der Waals surface area contributed by atoms with Gasteiger partial charge in [-0.25, -0.2) is 0 Å². The summed E-state index contributed by atoms with van der Waals surface area (Å²) in [4.78, 5) is 11.5. The van der Waals surface area contributed by atoms with Gasteiger partial charge in [0.05, 0.1) is 6.54 Å². The predicted octanol–water partition coefficient (Wildman–Crippen LogP) is 1.53. The molecule has 0 aromatic rings. The number of rotatable bonds is 5. The number of thioether (sulfide) groups is 1. The quantitative estimate of drug-likeness (QED) is 0.768. The molecule has 0 heterocycles. The summed E-state index contributed by atoms with van der Waals surface area (Å²) in [5, 5.41) is 7.19. The Bertz CT molecular complexity index is 243. The van der Waals surface area contributed by atoms with Crippen molar-refractivity contribution in [2.24, 2.45) is 0 Å². The summed E-state index contributed by atoms with van der Waals surface area (Å²) in [7, 11) is 0. The molecule has 0 radical (unpaired) electrons. The lowest BCUT2D eigenvalue weighted by molar-refractivity contribution is -0.120. The van der Waals surface area contributed by atoms with E-state index in [0.29, 0.717) is 18.6 Å². The molecule has 0 spiro atoms. The molecule has 2 atom stereocenters. The number of hydrogen-bond donors (Lipinski definition) is 2. The Hall–Kier alpha value is -0.220. The minimum atomic E-state index is 0.175. The van der Waals surface area contributed by atoms with Gasteiger partial charge in [0.2, 0.25) is 5.91 Å². The fraction of sp³-hybridized carbons (Fsp3) is 0.917. The van der Waals surface area contributed by atoms with E-state index in [-0.39, 0.29) is 5.91 Å². The Morgan fingerprint density at radius 2 is 2.06 bits per heavy atom. The van der Waals surface area contributed by atoms with Gasteiger partial charge in [0.1, 0.15) is 0 Å². The zero-order valence-electron chi connectivity index (χ0n) is 10.00. The first-order valence-electron chi connectivity index (χ1n) is 6.33. The number of nitrogens with one attached hydrogen (secondary N) is 2. The molecule has 2 aliphatic rings. The smallest absolute Gasteiger partial charge is 0.234 e. The molecule has 16 heavy (non-hydrogen) atoms. The van der Waals surface area contributed by atoms with E-state index in [1.54, 1.807) is 0 Å². The fourth-order valence-corrected chi connectivity index (χ4v) is 3.11. The monoisotopic (exact) mass is 242 g/mol. The second-order valence-corrected chi connectivity index (χ2v) is 6.08. The van der Waals surface area contributed by atoms with Gasteiger partial charge in [-0.3, -0.25) is 4.79 Å². The number of hydrogen-bond acceptors (Lipinski definition) is 3. The molecule has 0 bridgehead atoms. The summed E-state index contributed by atoms with van der Waals surface area (Å²) in [6.07, 6.45) is 9.62. The zero-order valence-corrected chi connectivity index (χ0v) is 10.8. The first kappa shape index (κ1) is 12.2. The highest BCUT2D eigenvalue weighted by molar-refractivity contribution is 7.99. The van der Waals surface area contributed by atoms with Crippen LogP contribution in [0.15, 0.2) is 0 Å². The molecule has 2 N–H and O–H groups in total. The molecule has 2 fully saturated rings. The van der Waals surface area contributed by atoms with Gasteiger partial charge in [-0.15, -0.1) is 0 Å². The second-order valence-electron chi connectivity index (χ2n) is 4.94. The molecule has 2 saturated carbocycles. The molecule has 1 amide bonds. The highest BCUT2D eigenvalue weighted by Crippen LogP contribution is 2.26. The van der Waals surface area contributed by atoms with E-state index >= 15 is 0 Å². The van der Waals surface area contributed by atoms with Crippen molar-refractivity contribution < 1.29 is 4.79 Å². The van der Waals surface area contributed by atoms with E-state index < -0.39 is 0 Å². The zero-order chi connectivity index (χ0) is 11.4. The lowest BCUT2D eigenvalue weighted by Crippen LogP contribution is -2.42. The van der Waals surface area contributed by atoms with Crippen molar-refractivity contribution in [1.29, 1.82) is 0 Å². The van der Waals surface area contributed by atoms with Crippen LogP contribution in [0.4, 0.5) is 0 Å². The standard InChI is InChI=1S/C12H22N2OS/c1-16-11-4-2-3-10(7-11)13-8-12(15)14-9-5-6-9/h9-11,13H,2-8H2,1H3,(H,14,15). The normalized spacial score (nSPS) is 30.1. The lowest BCUT2D eigenvalue weighted by Gasteiger charge is -2.28. The molecule has 2 aliphatic carbocycles. The summed E-state index contributed by atoms with van der Waals surface area (Å²) >= 11 is 1.96. The van der Waals surface area contributed by atoms with Crippen LogP contribution in [-0.4, -0.2) is 36.0 Å². The molecule has 0 aromatic carbocycles. The third-order valence-corrected chi connectivity index (χ3v) is 4.55. The maximum absolute atomic E-state index is 11.5. The van der Waals surface area contributed by atoms with Gasteiger partial charge < -0.3 is 10.6 Å². The van der Waals surface area contributed by atoms with Crippen molar-refractivity contribution >= 4 is 17.7 Å². The Labute approximate surface area is 102 Å². The van der Waals surface area contributed by atoms with Crippen LogP contribution in [0.5, 0.6) is 0 Å². The maximum Gasteiger partial charge on any atom is 0.234 e. The number of amides is 1. The molecule has 2 unspecified atom stereocenters. The van der Waals surface area contributed by atoms with Crippen LogP contribution in [-0.2, 0) is 4.79 Å². The molecule has 0 aromatic heterocycles. The molecule has 0 aliphatic heterocycles. The molecule has 0 saturated heterocycles. The van der Waals surface area contributed by atoms with Crippen molar-refractivity contribution in [3.63, 3.8) is 0 Å². The molecule has 3 nitrogen and oxygen atoms in total. The van der Waals surface area contributed by atoms with Crippen molar-refractivity contribution in [3.05, 3.63) is 0 Å². The van der Waals surface area contributed by atoms with Gasteiger partial charge in [0.15, 0.2) is 0 Å². The van der Waals surface area contributed by atoms with Crippen LogP contribution in [0.2, 0.25) is 0 Å². The average Bonchev–Trinajstić information content (AvgIpc) is 3.10. The van der Waals surface area contributed by atoms with E-state index in [4.69, 9.17) is 0 Å². The van der Waals surface area contributed by atoms with E-state index in [0.717, 1.165) is 5.25 Å². The van der Waals surface area contributed by atoms with E-state index in [2.05, 4.69) is 16.9 Å². The van der Waals surface area contributed by atoms with Gasteiger partial charge in [-0.2, -0.15) is 11.8 Å². The van der Waals surface area contributed by atoms with Gasteiger partial charge in [0, 0.05) is 17.3 Å². The van der Waals surface area contributed by atoms with Gasteiger partial charge in [0.25, 0.3) is 0 Å².